The normalized spacial score (nSPS) is 12.1. The van der Waals surface area contributed by atoms with Crippen LogP contribution >= 0.6 is 0 Å². The summed E-state index contributed by atoms with van der Waals surface area (Å²) in [6, 6.07) is 9.74. The fourth-order valence-electron chi connectivity index (χ4n) is 1.40. The molecule has 0 radical (unpaired) electrons. The highest BCUT2D eigenvalue weighted by Gasteiger charge is 2.07. The van der Waals surface area contributed by atoms with E-state index in [0.717, 1.165) is 12.8 Å². The van der Waals surface area contributed by atoms with Crippen LogP contribution in [0.25, 0.3) is 0 Å². The van der Waals surface area contributed by atoms with Crippen molar-refractivity contribution >= 4 is 6.03 Å². The minimum absolute atomic E-state index is 0.134. The number of hydrogen-bond acceptors (Lipinski definition) is 1. The number of rotatable bonds is 4. The van der Waals surface area contributed by atoms with Crippen LogP contribution in [0.2, 0.25) is 0 Å². The maximum absolute atomic E-state index is 10.7. The first kappa shape index (κ1) is 10.6. The zero-order chi connectivity index (χ0) is 10.4. The van der Waals surface area contributed by atoms with E-state index in [-0.39, 0.29) is 6.04 Å². The largest absolute Gasteiger partial charge is 0.352 e. The molecule has 0 fully saturated rings. The van der Waals surface area contributed by atoms with E-state index in [1.165, 1.54) is 5.56 Å². The second kappa shape index (κ2) is 5.27. The lowest BCUT2D eigenvalue weighted by Gasteiger charge is -2.15. The van der Waals surface area contributed by atoms with Crippen molar-refractivity contribution in [1.82, 2.24) is 5.32 Å². The maximum Gasteiger partial charge on any atom is 0.312 e. The molecule has 0 aliphatic heterocycles. The fraction of sp³-hybridized carbons (Fsp3) is 0.364. The quantitative estimate of drug-likeness (QED) is 0.749. The summed E-state index contributed by atoms with van der Waals surface area (Å²) in [6.45, 7) is 2.03. The molecule has 3 N–H and O–H groups in total. The molecule has 1 unspecified atom stereocenters. The van der Waals surface area contributed by atoms with E-state index >= 15 is 0 Å². The number of amides is 2. The van der Waals surface area contributed by atoms with Crippen LogP contribution in [0.4, 0.5) is 4.79 Å². The molecule has 0 aliphatic carbocycles. The van der Waals surface area contributed by atoms with Gasteiger partial charge in [-0.25, -0.2) is 4.79 Å². The molecule has 2 amide bonds. The molecule has 0 saturated heterocycles. The molecule has 0 heterocycles. The van der Waals surface area contributed by atoms with Crippen molar-refractivity contribution in [2.75, 3.05) is 0 Å². The van der Waals surface area contributed by atoms with Crippen LogP contribution in [0.15, 0.2) is 30.3 Å². The zero-order valence-corrected chi connectivity index (χ0v) is 8.36. The van der Waals surface area contributed by atoms with Crippen LogP contribution in [-0.4, -0.2) is 12.1 Å². The summed E-state index contributed by atoms with van der Waals surface area (Å²) in [7, 11) is 0. The Balaban J connectivity index is 2.53. The van der Waals surface area contributed by atoms with Gasteiger partial charge >= 0.3 is 6.03 Å². The smallest absolute Gasteiger partial charge is 0.312 e. The van der Waals surface area contributed by atoms with Crippen molar-refractivity contribution in [3.05, 3.63) is 35.9 Å². The van der Waals surface area contributed by atoms with E-state index in [9.17, 15) is 4.79 Å². The second-order valence-electron chi connectivity index (χ2n) is 3.30. The lowest BCUT2D eigenvalue weighted by atomic mass is 10.0. The Labute approximate surface area is 84.3 Å². The number of nitrogens with one attached hydrogen (secondary N) is 1. The van der Waals surface area contributed by atoms with Crippen molar-refractivity contribution in [3.8, 4) is 0 Å². The molecule has 3 nitrogen and oxygen atoms in total. The van der Waals surface area contributed by atoms with E-state index in [2.05, 4.69) is 5.32 Å². The average Bonchev–Trinajstić information content (AvgIpc) is 2.17. The van der Waals surface area contributed by atoms with Gasteiger partial charge in [0.2, 0.25) is 0 Å². The first-order chi connectivity index (χ1) is 6.72. The number of carbonyl (C=O) groups excluding carboxylic acids is 1. The Kier molecular flexibility index (Phi) is 3.98. The molecule has 1 atom stereocenters. The van der Waals surface area contributed by atoms with Crippen LogP contribution in [0.3, 0.4) is 0 Å². The summed E-state index contributed by atoms with van der Waals surface area (Å²) in [5.41, 5.74) is 6.29. The van der Waals surface area contributed by atoms with Gasteiger partial charge in [0.05, 0.1) is 0 Å². The van der Waals surface area contributed by atoms with Gasteiger partial charge in [0.1, 0.15) is 0 Å². The highest BCUT2D eigenvalue weighted by molar-refractivity contribution is 5.71. The zero-order valence-electron chi connectivity index (χ0n) is 8.36. The molecule has 0 aliphatic rings. The predicted octanol–water partition coefficient (Wildman–Crippen LogP) is 1.68. The van der Waals surface area contributed by atoms with Gasteiger partial charge in [-0.15, -0.1) is 0 Å². The van der Waals surface area contributed by atoms with Gasteiger partial charge in [-0.05, 0) is 18.4 Å². The number of urea groups is 1. The summed E-state index contributed by atoms with van der Waals surface area (Å²) in [5, 5.41) is 2.72. The van der Waals surface area contributed by atoms with Crippen LogP contribution in [0, 0.1) is 0 Å². The maximum atomic E-state index is 10.7. The number of benzene rings is 1. The predicted molar refractivity (Wildman–Crippen MR) is 56.9 cm³/mol. The van der Waals surface area contributed by atoms with Crippen molar-refractivity contribution < 1.29 is 4.79 Å². The van der Waals surface area contributed by atoms with E-state index in [1.54, 1.807) is 0 Å². The molecule has 0 bridgehead atoms. The molecule has 14 heavy (non-hydrogen) atoms. The highest BCUT2D eigenvalue weighted by Crippen LogP contribution is 2.05. The molecule has 76 valence electrons. The number of nitrogens with two attached hydrogens (primary N) is 1. The molecule has 1 rings (SSSR count). The van der Waals surface area contributed by atoms with E-state index in [0.29, 0.717) is 0 Å². The average molecular weight is 192 g/mol. The van der Waals surface area contributed by atoms with Gasteiger partial charge < -0.3 is 11.1 Å². The van der Waals surface area contributed by atoms with Gasteiger partial charge in [-0.3, -0.25) is 0 Å². The third-order valence-corrected chi connectivity index (χ3v) is 2.16. The Bertz CT molecular complexity index is 285. The van der Waals surface area contributed by atoms with Gasteiger partial charge in [-0.1, -0.05) is 37.3 Å². The van der Waals surface area contributed by atoms with Crippen molar-refractivity contribution in [1.29, 1.82) is 0 Å². The lowest BCUT2D eigenvalue weighted by molar-refractivity contribution is 0.244. The lowest BCUT2D eigenvalue weighted by Crippen LogP contribution is -2.39. The van der Waals surface area contributed by atoms with Crippen LogP contribution < -0.4 is 11.1 Å². The molecule has 0 aromatic heterocycles. The third-order valence-electron chi connectivity index (χ3n) is 2.16. The standard InChI is InChI=1S/C11H16N2O/c1-2-10(13-11(12)14)8-9-6-4-3-5-7-9/h3-7,10H,2,8H2,1H3,(H3,12,13,14). The summed E-state index contributed by atoms with van der Waals surface area (Å²) < 4.78 is 0. The van der Waals surface area contributed by atoms with Crippen molar-refractivity contribution in [2.24, 2.45) is 5.73 Å². The molecule has 0 saturated carbocycles. The van der Waals surface area contributed by atoms with E-state index in [1.807, 2.05) is 37.3 Å². The Morgan fingerprint density at radius 1 is 1.43 bits per heavy atom. The first-order valence-electron chi connectivity index (χ1n) is 4.82. The fourth-order valence-corrected chi connectivity index (χ4v) is 1.40. The Morgan fingerprint density at radius 3 is 2.57 bits per heavy atom. The van der Waals surface area contributed by atoms with Gasteiger partial charge in [-0.2, -0.15) is 0 Å². The first-order valence-corrected chi connectivity index (χ1v) is 4.82. The van der Waals surface area contributed by atoms with Crippen molar-refractivity contribution in [3.63, 3.8) is 0 Å². The topological polar surface area (TPSA) is 55.1 Å². The summed E-state index contributed by atoms with van der Waals surface area (Å²) in [6.07, 6.45) is 1.72. The molecule has 1 aromatic rings. The van der Waals surface area contributed by atoms with E-state index < -0.39 is 6.03 Å². The minimum Gasteiger partial charge on any atom is -0.352 e. The highest BCUT2D eigenvalue weighted by atomic mass is 16.2. The Morgan fingerprint density at radius 2 is 2.07 bits per heavy atom. The van der Waals surface area contributed by atoms with Crippen LogP contribution in [-0.2, 0) is 6.42 Å². The number of carbonyl (C=O) groups is 1. The molecular weight excluding hydrogens is 176 g/mol. The minimum atomic E-state index is -0.451. The van der Waals surface area contributed by atoms with Crippen LogP contribution in [0.1, 0.15) is 18.9 Å². The molecular formula is C11H16N2O. The SMILES string of the molecule is CCC(Cc1ccccc1)NC(N)=O. The summed E-state index contributed by atoms with van der Waals surface area (Å²) in [4.78, 5) is 10.7. The van der Waals surface area contributed by atoms with E-state index in [4.69, 9.17) is 5.73 Å². The summed E-state index contributed by atoms with van der Waals surface area (Å²) in [5.74, 6) is 0. The Hall–Kier alpha value is -1.51. The summed E-state index contributed by atoms with van der Waals surface area (Å²) >= 11 is 0. The number of primary amides is 1. The van der Waals surface area contributed by atoms with Gasteiger partial charge in [0, 0.05) is 6.04 Å². The third kappa shape index (κ3) is 3.47. The molecule has 3 heteroatoms. The number of hydrogen-bond donors (Lipinski definition) is 2. The van der Waals surface area contributed by atoms with Crippen molar-refractivity contribution in [2.45, 2.75) is 25.8 Å². The van der Waals surface area contributed by atoms with Gasteiger partial charge in [0.15, 0.2) is 0 Å². The second-order valence-corrected chi connectivity index (χ2v) is 3.30. The van der Waals surface area contributed by atoms with Gasteiger partial charge in [0.25, 0.3) is 0 Å². The monoisotopic (exact) mass is 192 g/mol. The van der Waals surface area contributed by atoms with Crippen LogP contribution in [0.5, 0.6) is 0 Å². The molecule has 0 spiro atoms. The molecule has 1 aromatic carbocycles.